The van der Waals surface area contributed by atoms with Crippen LogP contribution in [0.15, 0.2) is 66.7 Å². The Bertz CT molecular complexity index is 1260. The van der Waals surface area contributed by atoms with E-state index in [9.17, 15) is 4.79 Å². The van der Waals surface area contributed by atoms with Crippen LogP contribution in [0.25, 0.3) is 21.3 Å². The molecule has 0 spiro atoms. The number of nitrogens with one attached hydrogen (secondary N) is 1. The number of benzene rings is 3. The zero-order valence-electron chi connectivity index (χ0n) is 16.8. The van der Waals surface area contributed by atoms with Crippen LogP contribution in [-0.2, 0) is 0 Å². The van der Waals surface area contributed by atoms with Gasteiger partial charge >= 0.3 is 6.16 Å². The predicted octanol–water partition coefficient (Wildman–Crippen LogP) is 7.18. The summed E-state index contributed by atoms with van der Waals surface area (Å²) in [4.78, 5) is 25.3. The largest absolute Gasteiger partial charge is 0.503 e. The number of carboxylic acid groups (broad SMARTS) is 2. The topological polar surface area (TPSA) is 99.5 Å². The normalized spacial score (nSPS) is 12.7. The second-order valence-electron chi connectivity index (χ2n) is 7.33. The Balaban J connectivity index is 0.000000567. The first kappa shape index (κ1) is 21.8. The summed E-state index contributed by atoms with van der Waals surface area (Å²) in [6.07, 6.45) is 0.244. The van der Waals surface area contributed by atoms with Crippen molar-refractivity contribution in [3.05, 3.63) is 77.3 Å². The molecule has 162 valence electrons. The highest BCUT2D eigenvalue weighted by molar-refractivity contribution is 7.22. The summed E-state index contributed by atoms with van der Waals surface area (Å²) < 4.78 is 1.06. The highest BCUT2D eigenvalue weighted by atomic mass is 35.5. The molecule has 3 N–H and O–H groups in total. The molecule has 6 nitrogen and oxygen atoms in total. The molecule has 1 aliphatic carbocycles. The van der Waals surface area contributed by atoms with E-state index in [-0.39, 0.29) is 11.7 Å². The zero-order chi connectivity index (χ0) is 22.7. The third kappa shape index (κ3) is 5.43. The van der Waals surface area contributed by atoms with Gasteiger partial charge in [-0.25, -0.2) is 9.78 Å². The molecule has 32 heavy (non-hydrogen) atoms. The summed E-state index contributed by atoms with van der Waals surface area (Å²) in [5.74, 6) is 0.540. The molecule has 4 aromatic rings. The van der Waals surface area contributed by atoms with Crippen LogP contribution in [0, 0.1) is 5.92 Å². The lowest BCUT2D eigenvalue weighted by molar-refractivity contribution is 0.0967. The molecule has 0 unspecified atom stereocenters. The van der Waals surface area contributed by atoms with Crippen LogP contribution in [-0.4, -0.2) is 27.1 Å². The first-order valence-electron chi connectivity index (χ1n) is 9.89. The molecule has 0 radical (unpaired) electrons. The van der Waals surface area contributed by atoms with Crippen molar-refractivity contribution >= 4 is 55.9 Å². The lowest BCUT2D eigenvalue weighted by Gasteiger charge is -2.06. The first-order valence-corrected chi connectivity index (χ1v) is 11.1. The van der Waals surface area contributed by atoms with Gasteiger partial charge < -0.3 is 15.5 Å². The Morgan fingerprint density at radius 3 is 2.12 bits per heavy atom. The number of ketones is 1. The molecule has 1 saturated carbocycles. The number of rotatable bonds is 5. The molecule has 1 aromatic heterocycles. The maximum Gasteiger partial charge on any atom is 0.503 e. The minimum absolute atomic E-state index is 0.259. The van der Waals surface area contributed by atoms with Crippen LogP contribution in [0.2, 0.25) is 5.02 Å². The van der Waals surface area contributed by atoms with Gasteiger partial charge in [-0.1, -0.05) is 59.3 Å². The molecule has 1 fully saturated rings. The van der Waals surface area contributed by atoms with E-state index >= 15 is 0 Å². The van der Waals surface area contributed by atoms with Crippen molar-refractivity contribution < 1.29 is 19.8 Å². The average molecular weight is 467 g/mol. The molecular formula is C24H19ClN2O4S. The fraction of sp³-hybridized carbons (Fsp3) is 0.125. The number of anilines is 2. The van der Waals surface area contributed by atoms with Crippen LogP contribution in [0.1, 0.15) is 23.2 Å². The summed E-state index contributed by atoms with van der Waals surface area (Å²) in [6.45, 7) is 0. The fourth-order valence-electron chi connectivity index (χ4n) is 3.23. The Labute approximate surface area is 193 Å². The second-order valence-corrected chi connectivity index (χ2v) is 8.80. The van der Waals surface area contributed by atoms with Crippen LogP contribution in [0.4, 0.5) is 15.6 Å². The minimum atomic E-state index is -1.83. The van der Waals surface area contributed by atoms with E-state index in [1.165, 1.54) is 0 Å². The van der Waals surface area contributed by atoms with E-state index in [2.05, 4.69) is 22.4 Å². The fourth-order valence-corrected chi connectivity index (χ4v) is 4.39. The summed E-state index contributed by atoms with van der Waals surface area (Å²) >= 11 is 7.63. The number of Topliss-reactive ketones (excluding diaryl/α,β-unsaturated/α-hetero) is 1. The van der Waals surface area contributed by atoms with E-state index in [0.29, 0.717) is 0 Å². The zero-order valence-corrected chi connectivity index (χ0v) is 18.4. The molecule has 0 bridgehead atoms. The highest BCUT2D eigenvalue weighted by Gasteiger charge is 2.30. The standard InChI is InChI=1S/C23H17ClN2OS.CH2O3/c24-18-9-12-20-21(13-18)28-23(26-20)25-19-10-7-15(8-11-19)14-1-3-16(4-2-14)22(27)17-5-6-17;2-1(3)4/h1-4,7-13,17H,5-6H2,(H,25,26);(H2,2,3,4). The summed E-state index contributed by atoms with van der Waals surface area (Å²) in [5, 5.41) is 18.9. The van der Waals surface area contributed by atoms with E-state index in [4.69, 9.17) is 26.6 Å². The average Bonchev–Trinajstić information content (AvgIpc) is 3.54. The van der Waals surface area contributed by atoms with Crippen LogP contribution in [0.3, 0.4) is 0 Å². The van der Waals surface area contributed by atoms with Gasteiger partial charge in [0.05, 0.1) is 10.2 Å². The number of carbonyl (C=O) groups is 2. The van der Waals surface area contributed by atoms with Gasteiger partial charge in [-0.15, -0.1) is 0 Å². The number of thiazole rings is 1. The summed E-state index contributed by atoms with van der Waals surface area (Å²) in [6, 6.07) is 21.9. The lowest BCUT2D eigenvalue weighted by atomic mass is 10.0. The number of hydrogen-bond acceptors (Lipinski definition) is 5. The van der Waals surface area contributed by atoms with Gasteiger partial charge in [0.25, 0.3) is 0 Å². The summed E-state index contributed by atoms with van der Waals surface area (Å²) in [5.41, 5.74) is 4.96. The number of aromatic nitrogens is 1. The molecule has 0 amide bonds. The van der Waals surface area contributed by atoms with Gasteiger partial charge in [-0.2, -0.15) is 0 Å². The Kier molecular flexibility index (Phi) is 6.39. The van der Waals surface area contributed by atoms with E-state index in [0.717, 1.165) is 55.6 Å². The van der Waals surface area contributed by atoms with Crippen molar-refractivity contribution in [1.29, 1.82) is 0 Å². The van der Waals surface area contributed by atoms with Gasteiger partial charge in [-0.3, -0.25) is 4.79 Å². The third-order valence-corrected chi connectivity index (χ3v) is 6.11. The number of halogens is 1. The molecule has 0 saturated heterocycles. The van der Waals surface area contributed by atoms with Crippen molar-refractivity contribution in [2.24, 2.45) is 5.92 Å². The van der Waals surface area contributed by atoms with Crippen LogP contribution < -0.4 is 5.32 Å². The maximum atomic E-state index is 12.1. The van der Waals surface area contributed by atoms with E-state index in [1.54, 1.807) is 11.3 Å². The van der Waals surface area contributed by atoms with Crippen LogP contribution in [0.5, 0.6) is 0 Å². The Morgan fingerprint density at radius 2 is 1.53 bits per heavy atom. The third-order valence-electron chi connectivity index (χ3n) is 4.94. The molecule has 0 atom stereocenters. The van der Waals surface area contributed by atoms with Gasteiger partial charge in [0.1, 0.15) is 0 Å². The number of hydrogen-bond donors (Lipinski definition) is 3. The van der Waals surface area contributed by atoms with Crippen molar-refractivity contribution in [2.45, 2.75) is 12.8 Å². The minimum Gasteiger partial charge on any atom is -0.450 e. The SMILES string of the molecule is O=C(O)O.O=C(c1ccc(-c2ccc(Nc3nc4ccc(Cl)cc4s3)cc2)cc1)C1CC1. The molecule has 0 aliphatic heterocycles. The van der Waals surface area contributed by atoms with Gasteiger partial charge in [0.15, 0.2) is 10.9 Å². The number of carbonyl (C=O) groups excluding carboxylic acids is 1. The predicted molar refractivity (Wildman–Crippen MR) is 127 cm³/mol. The number of fused-ring (bicyclic) bond motifs is 1. The number of nitrogens with zero attached hydrogens (tertiary/aromatic N) is 1. The molecule has 5 rings (SSSR count). The first-order chi connectivity index (χ1) is 15.4. The molecule has 1 aliphatic rings. The van der Waals surface area contributed by atoms with E-state index in [1.807, 2.05) is 54.6 Å². The van der Waals surface area contributed by atoms with E-state index < -0.39 is 6.16 Å². The Morgan fingerprint density at radius 1 is 0.938 bits per heavy atom. The molecule has 8 heteroatoms. The van der Waals surface area contributed by atoms with Gasteiger partial charge in [0, 0.05) is 22.2 Å². The monoisotopic (exact) mass is 466 g/mol. The van der Waals surface area contributed by atoms with Crippen molar-refractivity contribution in [2.75, 3.05) is 5.32 Å². The smallest absolute Gasteiger partial charge is 0.450 e. The van der Waals surface area contributed by atoms with Gasteiger partial charge in [0.2, 0.25) is 0 Å². The highest BCUT2D eigenvalue weighted by Crippen LogP contribution is 2.33. The maximum absolute atomic E-state index is 12.1. The van der Waals surface area contributed by atoms with Crippen LogP contribution >= 0.6 is 22.9 Å². The van der Waals surface area contributed by atoms with Crippen molar-refractivity contribution in [1.82, 2.24) is 4.98 Å². The summed E-state index contributed by atoms with van der Waals surface area (Å²) in [7, 11) is 0. The second kappa shape index (κ2) is 9.38. The quantitative estimate of drug-likeness (QED) is 0.269. The van der Waals surface area contributed by atoms with Crippen molar-refractivity contribution in [3.63, 3.8) is 0 Å². The van der Waals surface area contributed by atoms with Crippen molar-refractivity contribution in [3.8, 4) is 11.1 Å². The Hall–Kier alpha value is -3.42. The molecule has 1 heterocycles. The molecule has 3 aromatic carbocycles. The lowest BCUT2D eigenvalue weighted by Crippen LogP contribution is -2.00. The van der Waals surface area contributed by atoms with Gasteiger partial charge in [-0.05, 0) is 54.3 Å². The molecular weight excluding hydrogens is 448 g/mol.